The van der Waals surface area contributed by atoms with Gasteiger partial charge in [0.25, 0.3) is 0 Å². The number of aromatic nitrogens is 1. The Morgan fingerprint density at radius 1 is 1.53 bits per heavy atom. The van der Waals surface area contributed by atoms with Gasteiger partial charge in [0.15, 0.2) is 0 Å². The second-order valence-corrected chi connectivity index (χ2v) is 3.31. The van der Waals surface area contributed by atoms with Crippen LogP contribution in [0, 0.1) is 0 Å². The smallest absolute Gasteiger partial charge is 0.214 e. The monoisotopic (exact) mass is 207 g/mol. The first-order chi connectivity index (χ1) is 7.30. The van der Waals surface area contributed by atoms with E-state index in [0.717, 1.165) is 24.1 Å². The van der Waals surface area contributed by atoms with Crippen molar-refractivity contribution in [1.29, 1.82) is 0 Å². The molecule has 0 aliphatic rings. The highest BCUT2D eigenvalue weighted by atomic mass is 16.5. The predicted molar refractivity (Wildman–Crippen MR) is 59.8 cm³/mol. The molecule has 0 radical (unpaired) electrons. The molecule has 0 unspecified atom stereocenters. The third-order valence-electron chi connectivity index (χ3n) is 1.95. The summed E-state index contributed by atoms with van der Waals surface area (Å²) in [6.45, 7) is 6.13. The van der Waals surface area contributed by atoms with Gasteiger partial charge in [-0.25, -0.2) is 4.98 Å². The van der Waals surface area contributed by atoms with E-state index in [9.17, 15) is 0 Å². The van der Waals surface area contributed by atoms with E-state index >= 15 is 0 Å². The van der Waals surface area contributed by atoms with Crippen LogP contribution in [0.3, 0.4) is 0 Å². The minimum atomic E-state index is 0.0175. The van der Waals surface area contributed by atoms with Crippen LogP contribution in [0.1, 0.15) is 24.6 Å². The third kappa shape index (κ3) is 3.72. The molecular formula is C12H17NO2. The molecule has 0 saturated carbocycles. The van der Waals surface area contributed by atoms with Crippen molar-refractivity contribution in [1.82, 2.24) is 4.98 Å². The zero-order chi connectivity index (χ0) is 11.1. The number of aryl methyl sites for hydroxylation is 1. The summed E-state index contributed by atoms with van der Waals surface area (Å²) in [6, 6.07) is 3.66. The molecule has 3 heteroatoms. The van der Waals surface area contributed by atoms with E-state index < -0.39 is 0 Å². The number of pyridine rings is 1. The predicted octanol–water partition coefficient (Wildman–Crippen LogP) is 2.09. The molecule has 1 heterocycles. The normalized spacial score (nSPS) is 10.0. The van der Waals surface area contributed by atoms with Crippen LogP contribution in [-0.4, -0.2) is 16.7 Å². The first-order valence-corrected chi connectivity index (χ1v) is 5.14. The molecule has 0 bridgehead atoms. The molecule has 82 valence electrons. The van der Waals surface area contributed by atoms with Crippen molar-refractivity contribution in [3.05, 3.63) is 36.0 Å². The number of rotatable bonds is 6. The molecule has 0 atom stereocenters. The molecule has 0 aromatic carbocycles. The first-order valence-electron chi connectivity index (χ1n) is 5.14. The van der Waals surface area contributed by atoms with E-state index in [1.807, 2.05) is 6.07 Å². The average molecular weight is 207 g/mol. The number of nitrogens with zero attached hydrogens (tertiary/aromatic N) is 1. The van der Waals surface area contributed by atoms with Crippen LogP contribution in [0.4, 0.5) is 0 Å². The van der Waals surface area contributed by atoms with E-state index in [2.05, 4.69) is 18.5 Å². The summed E-state index contributed by atoms with van der Waals surface area (Å²) < 4.78 is 5.34. The van der Waals surface area contributed by atoms with E-state index in [1.54, 1.807) is 12.1 Å². The number of aliphatic hydroxyl groups is 1. The molecule has 15 heavy (non-hydrogen) atoms. The Kier molecular flexibility index (Phi) is 4.84. The summed E-state index contributed by atoms with van der Waals surface area (Å²) in [5.41, 5.74) is 1.80. The van der Waals surface area contributed by atoms with Gasteiger partial charge < -0.3 is 9.84 Å². The number of hydrogen-bond acceptors (Lipinski definition) is 3. The lowest BCUT2D eigenvalue weighted by Gasteiger charge is -2.07. The van der Waals surface area contributed by atoms with Gasteiger partial charge in [-0.3, -0.25) is 0 Å². The van der Waals surface area contributed by atoms with Gasteiger partial charge in [-0.05, 0) is 18.1 Å². The molecule has 1 aromatic heterocycles. The van der Waals surface area contributed by atoms with Gasteiger partial charge in [0.1, 0.15) is 6.61 Å². The molecule has 0 aliphatic heterocycles. The topological polar surface area (TPSA) is 42.4 Å². The number of hydrogen-bond donors (Lipinski definition) is 1. The Labute approximate surface area is 90.4 Å². The Hall–Kier alpha value is -1.35. The zero-order valence-corrected chi connectivity index (χ0v) is 9.07. The lowest BCUT2D eigenvalue weighted by Crippen LogP contribution is -2.00. The first kappa shape index (κ1) is 11.7. The van der Waals surface area contributed by atoms with Gasteiger partial charge in [0, 0.05) is 11.8 Å². The van der Waals surface area contributed by atoms with Gasteiger partial charge in [0.2, 0.25) is 5.88 Å². The van der Waals surface area contributed by atoms with E-state index in [4.69, 9.17) is 9.84 Å². The van der Waals surface area contributed by atoms with Crippen LogP contribution in [0.15, 0.2) is 24.8 Å². The highest BCUT2D eigenvalue weighted by molar-refractivity contribution is 5.25. The molecular weight excluding hydrogens is 190 g/mol. The van der Waals surface area contributed by atoms with E-state index in [0.29, 0.717) is 12.5 Å². The molecule has 0 amide bonds. The van der Waals surface area contributed by atoms with Gasteiger partial charge >= 0.3 is 0 Å². The largest absolute Gasteiger partial charge is 0.473 e. The second-order valence-electron chi connectivity index (χ2n) is 3.31. The lowest BCUT2D eigenvalue weighted by molar-refractivity contribution is 0.279. The van der Waals surface area contributed by atoms with Gasteiger partial charge in [0.05, 0.1) is 6.61 Å². The van der Waals surface area contributed by atoms with Gasteiger partial charge in [-0.15, -0.1) is 0 Å². The SMILES string of the molecule is C=CCOc1cc(CO)cc(CCC)n1. The maximum Gasteiger partial charge on any atom is 0.214 e. The Morgan fingerprint density at radius 3 is 2.93 bits per heavy atom. The summed E-state index contributed by atoms with van der Waals surface area (Å²) in [6.07, 6.45) is 3.61. The van der Waals surface area contributed by atoms with Crippen molar-refractivity contribution in [3.8, 4) is 5.88 Å². The van der Waals surface area contributed by atoms with E-state index in [1.165, 1.54) is 0 Å². The summed E-state index contributed by atoms with van der Waals surface area (Å²) in [5, 5.41) is 9.08. The van der Waals surface area contributed by atoms with Crippen molar-refractivity contribution in [2.24, 2.45) is 0 Å². The van der Waals surface area contributed by atoms with Crippen LogP contribution < -0.4 is 4.74 Å². The summed E-state index contributed by atoms with van der Waals surface area (Å²) in [4.78, 5) is 4.33. The van der Waals surface area contributed by atoms with Crippen LogP contribution in [0.2, 0.25) is 0 Å². The fourth-order valence-electron chi connectivity index (χ4n) is 1.31. The molecule has 0 fully saturated rings. The maximum absolute atomic E-state index is 9.08. The molecule has 0 spiro atoms. The lowest BCUT2D eigenvalue weighted by atomic mass is 10.2. The molecule has 1 rings (SSSR count). The second kappa shape index (κ2) is 6.19. The minimum Gasteiger partial charge on any atom is -0.473 e. The summed E-state index contributed by atoms with van der Waals surface area (Å²) in [7, 11) is 0. The fraction of sp³-hybridized carbons (Fsp3) is 0.417. The molecule has 1 aromatic rings. The van der Waals surface area contributed by atoms with Crippen LogP contribution in [0.5, 0.6) is 5.88 Å². The van der Waals surface area contributed by atoms with Crippen LogP contribution in [0.25, 0.3) is 0 Å². The summed E-state index contributed by atoms with van der Waals surface area (Å²) >= 11 is 0. The maximum atomic E-state index is 9.08. The van der Waals surface area contributed by atoms with Crippen molar-refractivity contribution in [2.75, 3.05) is 6.61 Å². The fourth-order valence-corrected chi connectivity index (χ4v) is 1.31. The molecule has 0 aliphatic carbocycles. The van der Waals surface area contributed by atoms with Gasteiger partial charge in [-0.1, -0.05) is 26.0 Å². The highest BCUT2D eigenvalue weighted by Gasteiger charge is 2.02. The van der Waals surface area contributed by atoms with Crippen LogP contribution in [-0.2, 0) is 13.0 Å². The number of aliphatic hydroxyl groups excluding tert-OH is 1. The zero-order valence-electron chi connectivity index (χ0n) is 9.07. The third-order valence-corrected chi connectivity index (χ3v) is 1.95. The molecule has 3 nitrogen and oxygen atoms in total. The van der Waals surface area contributed by atoms with Crippen molar-refractivity contribution >= 4 is 0 Å². The Bertz CT molecular complexity index is 323. The van der Waals surface area contributed by atoms with Gasteiger partial charge in [-0.2, -0.15) is 0 Å². The quantitative estimate of drug-likeness (QED) is 0.726. The van der Waals surface area contributed by atoms with Crippen molar-refractivity contribution in [3.63, 3.8) is 0 Å². The van der Waals surface area contributed by atoms with E-state index in [-0.39, 0.29) is 6.61 Å². The summed E-state index contributed by atoms with van der Waals surface area (Å²) in [5.74, 6) is 0.560. The van der Waals surface area contributed by atoms with Crippen molar-refractivity contribution in [2.45, 2.75) is 26.4 Å². The van der Waals surface area contributed by atoms with Crippen LogP contribution >= 0.6 is 0 Å². The Balaban J connectivity index is 2.84. The standard InChI is InChI=1S/C12H17NO2/c1-3-5-11-7-10(9-14)8-12(13-11)15-6-4-2/h4,7-8,14H,2-3,5-6,9H2,1H3. The Morgan fingerprint density at radius 2 is 2.33 bits per heavy atom. The average Bonchev–Trinajstić information content (AvgIpc) is 2.26. The highest BCUT2D eigenvalue weighted by Crippen LogP contribution is 2.14. The van der Waals surface area contributed by atoms with Crippen molar-refractivity contribution < 1.29 is 9.84 Å². The molecule has 1 N–H and O–H groups in total. The minimum absolute atomic E-state index is 0.0175. The number of ether oxygens (including phenoxy) is 1. The molecule has 0 saturated heterocycles.